The van der Waals surface area contributed by atoms with E-state index in [0.717, 1.165) is 18.8 Å². The Morgan fingerprint density at radius 1 is 1.30 bits per heavy atom. The predicted octanol–water partition coefficient (Wildman–Crippen LogP) is 3.67. The van der Waals surface area contributed by atoms with Crippen LogP contribution >= 0.6 is 12.4 Å². The van der Waals surface area contributed by atoms with Gasteiger partial charge in [0.05, 0.1) is 13.2 Å². The molecule has 1 aromatic rings. The molecule has 1 amide bonds. The van der Waals surface area contributed by atoms with E-state index in [0.29, 0.717) is 24.9 Å². The summed E-state index contributed by atoms with van der Waals surface area (Å²) in [4.78, 5) is 12.3. The van der Waals surface area contributed by atoms with E-state index in [9.17, 15) is 4.79 Å². The van der Waals surface area contributed by atoms with E-state index in [-0.39, 0.29) is 24.4 Å². The van der Waals surface area contributed by atoms with Crippen LogP contribution in [0.5, 0.6) is 0 Å². The summed E-state index contributed by atoms with van der Waals surface area (Å²) in [5.41, 5.74) is 3.44. The minimum atomic E-state index is 0. The molecular formula is C18H29ClN2O2. The van der Waals surface area contributed by atoms with Crippen molar-refractivity contribution in [1.82, 2.24) is 5.32 Å². The van der Waals surface area contributed by atoms with Crippen LogP contribution in [0.25, 0.3) is 0 Å². The van der Waals surface area contributed by atoms with Crippen LogP contribution in [0.15, 0.2) is 18.2 Å². The zero-order valence-electron chi connectivity index (χ0n) is 14.5. The Balaban J connectivity index is 0.00000264. The SMILES string of the molecule is CC(C)c1ccc(NC(=O)CC2COCCN2)c(C(C)C)c1.Cl. The standard InChI is InChI=1S/C18H28N2O2.ClH/c1-12(2)14-5-6-17(16(9-14)13(3)4)20-18(21)10-15-11-22-8-7-19-15;/h5-6,9,12-13,15,19H,7-8,10-11H2,1-4H3,(H,20,21);1H. The van der Waals surface area contributed by atoms with Crippen molar-refractivity contribution >= 4 is 24.0 Å². The van der Waals surface area contributed by atoms with Crippen molar-refractivity contribution in [2.75, 3.05) is 25.1 Å². The maximum absolute atomic E-state index is 12.3. The van der Waals surface area contributed by atoms with Crippen molar-refractivity contribution in [2.45, 2.75) is 52.0 Å². The van der Waals surface area contributed by atoms with E-state index in [1.54, 1.807) is 0 Å². The summed E-state index contributed by atoms with van der Waals surface area (Å²) in [5.74, 6) is 0.915. The molecule has 1 aliphatic heterocycles. The average Bonchev–Trinajstić information content (AvgIpc) is 2.48. The van der Waals surface area contributed by atoms with Crippen LogP contribution in [0.4, 0.5) is 5.69 Å². The first-order valence-electron chi connectivity index (χ1n) is 8.22. The lowest BCUT2D eigenvalue weighted by Gasteiger charge is -2.24. The van der Waals surface area contributed by atoms with Crippen molar-refractivity contribution < 1.29 is 9.53 Å². The fraction of sp³-hybridized carbons (Fsp3) is 0.611. The summed E-state index contributed by atoms with van der Waals surface area (Å²) in [7, 11) is 0. The number of rotatable bonds is 5. The van der Waals surface area contributed by atoms with Crippen LogP contribution in [0, 0.1) is 0 Å². The van der Waals surface area contributed by atoms with Crippen LogP contribution in [-0.4, -0.2) is 31.7 Å². The van der Waals surface area contributed by atoms with E-state index < -0.39 is 0 Å². The van der Waals surface area contributed by atoms with Gasteiger partial charge in [0.2, 0.25) is 5.91 Å². The summed E-state index contributed by atoms with van der Waals surface area (Å²) in [5, 5.41) is 6.38. The van der Waals surface area contributed by atoms with Crippen LogP contribution < -0.4 is 10.6 Å². The van der Waals surface area contributed by atoms with Gasteiger partial charge in [-0.15, -0.1) is 12.4 Å². The maximum Gasteiger partial charge on any atom is 0.226 e. The molecule has 0 radical (unpaired) electrons. The Kier molecular flexibility index (Phi) is 8.03. The quantitative estimate of drug-likeness (QED) is 0.859. The first kappa shape index (κ1) is 19.9. The number of hydrogen-bond acceptors (Lipinski definition) is 3. The fourth-order valence-corrected chi connectivity index (χ4v) is 2.71. The number of anilines is 1. The third-order valence-corrected chi connectivity index (χ3v) is 4.07. The van der Waals surface area contributed by atoms with Crippen molar-refractivity contribution in [2.24, 2.45) is 0 Å². The lowest BCUT2D eigenvalue weighted by Crippen LogP contribution is -2.43. The number of ether oxygens (including phenoxy) is 1. The highest BCUT2D eigenvalue weighted by molar-refractivity contribution is 5.92. The molecule has 5 heteroatoms. The Morgan fingerprint density at radius 2 is 2.04 bits per heavy atom. The van der Waals surface area contributed by atoms with Crippen molar-refractivity contribution in [3.8, 4) is 0 Å². The van der Waals surface area contributed by atoms with E-state index in [1.807, 2.05) is 6.07 Å². The number of carbonyl (C=O) groups is 1. The van der Waals surface area contributed by atoms with Gasteiger partial charge in [-0.25, -0.2) is 0 Å². The Bertz CT molecular complexity index is 512. The van der Waals surface area contributed by atoms with Gasteiger partial charge in [-0.05, 0) is 29.0 Å². The first-order valence-corrected chi connectivity index (χ1v) is 8.22. The molecule has 130 valence electrons. The predicted molar refractivity (Wildman–Crippen MR) is 97.7 cm³/mol. The van der Waals surface area contributed by atoms with E-state index in [1.165, 1.54) is 11.1 Å². The van der Waals surface area contributed by atoms with Crippen LogP contribution in [-0.2, 0) is 9.53 Å². The zero-order valence-corrected chi connectivity index (χ0v) is 15.3. The minimum Gasteiger partial charge on any atom is -0.378 e. The molecule has 0 saturated carbocycles. The summed E-state index contributed by atoms with van der Waals surface area (Å²) >= 11 is 0. The number of halogens is 1. The second-order valence-corrected chi connectivity index (χ2v) is 6.63. The second-order valence-electron chi connectivity index (χ2n) is 6.63. The zero-order chi connectivity index (χ0) is 16.1. The molecule has 1 heterocycles. The van der Waals surface area contributed by atoms with Crippen molar-refractivity contribution in [3.63, 3.8) is 0 Å². The second kappa shape index (κ2) is 9.26. The largest absolute Gasteiger partial charge is 0.378 e. The van der Waals surface area contributed by atoms with E-state index in [2.05, 4.69) is 50.5 Å². The first-order chi connectivity index (χ1) is 10.5. The topological polar surface area (TPSA) is 50.4 Å². The summed E-state index contributed by atoms with van der Waals surface area (Å²) in [6.45, 7) is 10.8. The molecule has 1 aliphatic rings. The lowest BCUT2D eigenvalue weighted by atomic mass is 9.94. The fourth-order valence-electron chi connectivity index (χ4n) is 2.71. The molecule has 0 aromatic heterocycles. The van der Waals surface area contributed by atoms with Gasteiger partial charge in [-0.1, -0.05) is 39.8 Å². The molecule has 1 aromatic carbocycles. The summed E-state index contributed by atoms with van der Waals surface area (Å²) in [6.07, 6.45) is 0.448. The molecule has 0 spiro atoms. The molecule has 1 saturated heterocycles. The molecule has 23 heavy (non-hydrogen) atoms. The van der Waals surface area contributed by atoms with Gasteiger partial charge in [0.15, 0.2) is 0 Å². The number of benzene rings is 1. The third kappa shape index (κ3) is 5.79. The van der Waals surface area contributed by atoms with Gasteiger partial charge in [-0.2, -0.15) is 0 Å². The highest BCUT2D eigenvalue weighted by Crippen LogP contribution is 2.28. The van der Waals surface area contributed by atoms with Gasteiger partial charge < -0.3 is 15.4 Å². The number of amides is 1. The summed E-state index contributed by atoms with van der Waals surface area (Å²) in [6, 6.07) is 6.47. The van der Waals surface area contributed by atoms with E-state index in [4.69, 9.17) is 4.74 Å². The van der Waals surface area contributed by atoms with Gasteiger partial charge in [0, 0.05) is 24.7 Å². The van der Waals surface area contributed by atoms with Crippen LogP contribution in [0.1, 0.15) is 57.1 Å². The molecule has 0 bridgehead atoms. The molecule has 4 nitrogen and oxygen atoms in total. The molecule has 1 atom stereocenters. The lowest BCUT2D eigenvalue weighted by molar-refractivity contribution is -0.117. The molecule has 1 unspecified atom stereocenters. The number of carbonyl (C=O) groups excluding carboxylic acids is 1. The Hall–Kier alpha value is -1.10. The van der Waals surface area contributed by atoms with Gasteiger partial charge in [-0.3, -0.25) is 4.79 Å². The average molecular weight is 341 g/mol. The van der Waals surface area contributed by atoms with Crippen LogP contribution in [0.2, 0.25) is 0 Å². The molecule has 1 fully saturated rings. The highest BCUT2D eigenvalue weighted by Gasteiger charge is 2.18. The van der Waals surface area contributed by atoms with Crippen LogP contribution in [0.3, 0.4) is 0 Å². The maximum atomic E-state index is 12.3. The molecule has 2 rings (SSSR count). The number of hydrogen-bond donors (Lipinski definition) is 2. The van der Waals surface area contributed by atoms with Gasteiger partial charge in [0.25, 0.3) is 0 Å². The van der Waals surface area contributed by atoms with Gasteiger partial charge in [0.1, 0.15) is 0 Å². The normalized spacial score (nSPS) is 17.9. The molecular weight excluding hydrogens is 312 g/mol. The third-order valence-electron chi connectivity index (χ3n) is 4.07. The Labute approximate surface area is 145 Å². The molecule has 2 N–H and O–H groups in total. The van der Waals surface area contributed by atoms with Crippen molar-refractivity contribution in [3.05, 3.63) is 29.3 Å². The van der Waals surface area contributed by atoms with Crippen molar-refractivity contribution in [1.29, 1.82) is 0 Å². The molecule has 0 aliphatic carbocycles. The smallest absolute Gasteiger partial charge is 0.226 e. The number of morpholine rings is 1. The highest BCUT2D eigenvalue weighted by atomic mass is 35.5. The van der Waals surface area contributed by atoms with E-state index >= 15 is 0 Å². The Morgan fingerprint density at radius 3 is 2.61 bits per heavy atom. The number of nitrogens with one attached hydrogen (secondary N) is 2. The monoisotopic (exact) mass is 340 g/mol. The summed E-state index contributed by atoms with van der Waals surface area (Å²) < 4.78 is 5.39. The van der Waals surface area contributed by atoms with Gasteiger partial charge >= 0.3 is 0 Å². The minimum absolute atomic E-state index is 0.